The summed E-state index contributed by atoms with van der Waals surface area (Å²) in [6.45, 7) is 4.26. The third-order valence-corrected chi connectivity index (χ3v) is 3.44. The summed E-state index contributed by atoms with van der Waals surface area (Å²) in [4.78, 5) is 1.21. The molecule has 3 nitrogen and oxygen atoms in total. The summed E-state index contributed by atoms with van der Waals surface area (Å²) in [5.74, 6) is 0.737. The van der Waals surface area contributed by atoms with Gasteiger partial charge in [-0.05, 0) is 24.6 Å². The van der Waals surface area contributed by atoms with Crippen molar-refractivity contribution in [3.63, 3.8) is 0 Å². The first-order valence-electron chi connectivity index (χ1n) is 5.82. The second-order valence-corrected chi connectivity index (χ2v) is 5.07. The van der Waals surface area contributed by atoms with Gasteiger partial charge in [0.05, 0.1) is 12.7 Å². The Hall–Kier alpha value is -0.550. The van der Waals surface area contributed by atoms with E-state index in [2.05, 4.69) is 29.6 Å². The molecule has 0 bridgehead atoms. The second kappa shape index (κ2) is 8.53. The Morgan fingerprint density at radius 3 is 3.00 bits per heavy atom. The van der Waals surface area contributed by atoms with Crippen molar-refractivity contribution in [3.05, 3.63) is 29.8 Å². The van der Waals surface area contributed by atoms with Crippen LogP contribution in [0, 0.1) is 0 Å². The molecule has 1 aromatic carbocycles. The van der Waals surface area contributed by atoms with Crippen molar-refractivity contribution in [2.75, 3.05) is 26.0 Å². The van der Waals surface area contributed by atoms with Crippen LogP contribution in [0.2, 0.25) is 0 Å². The number of benzene rings is 1. The summed E-state index contributed by atoms with van der Waals surface area (Å²) >= 11 is 1.68. The lowest BCUT2D eigenvalue weighted by Gasteiger charge is -2.07. The van der Waals surface area contributed by atoms with Gasteiger partial charge in [0.25, 0.3) is 0 Å². The van der Waals surface area contributed by atoms with E-state index < -0.39 is 0 Å². The standard InChI is InChI=1S/C13H21NO2S/c1-11(15)10-17-13-5-3-4-12(8-13)9-14-6-7-16-2/h3-5,8,11,14-15H,6-7,9-10H2,1-2H3. The van der Waals surface area contributed by atoms with Gasteiger partial charge in [-0.15, -0.1) is 11.8 Å². The van der Waals surface area contributed by atoms with Crippen LogP contribution in [0.15, 0.2) is 29.2 Å². The number of hydrogen-bond acceptors (Lipinski definition) is 4. The Morgan fingerprint density at radius 2 is 2.29 bits per heavy atom. The number of hydrogen-bond donors (Lipinski definition) is 2. The zero-order valence-electron chi connectivity index (χ0n) is 10.5. The van der Waals surface area contributed by atoms with Crippen LogP contribution < -0.4 is 5.32 Å². The van der Waals surface area contributed by atoms with Crippen LogP contribution in [0.3, 0.4) is 0 Å². The lowest BCUT2D eigenvalue weighted by atomic mass is 10.2. The summed E-state index contributed by atoms with van der Waals surface area (Å²) in [5.41, 5.74) is 1.26. The summed E-state index contributed by atoms with van der Waals surface area (Å²) in [6.07, 6.45) is -0.261. The number of aliphatic hydroxyl groups excluding tert-OH is 1. The van der Waals surface area contributed by atoms with E-state index in [0.717, 1.165) is 25.4 Å². The average Bonchev–Trinajstić information content (AvgIpc) is 2.33. The van der Waals surface area contributed by atoms with Crippen LogP contribution in [0.4, 0.5) is 0 Å². The quantitative estimate of drug-likeness (QED) is 0.550. The smallest absolute Gasteiger partial charge is 0.0606 e. The fourth-order valence-electron chi connectivity index (χ4n) is 1.37. The minimum absolute atomic E-state index is 0.261. The molecular formula is C13H21NO2S. The Bertz CT molecular complexity index is 318. The second-order valence-electron chi connectivity index (χ2n) is 3.98. The maximum atomic E-state index is 9.24. The minimum atomic E-state index is -0.261. The topological polar surface area (TPSA) is 41.5 Å². The van der Waals surface area contributed by atoms with Crippen molar-refractivity contribution >= 4 is 11.8 Å². The molecule has 1 atom stereocenters. The Labute approximate surface area is 108 Å². The molecule has 1 aromatic rings. The van der Waals surface area contributed by atoms with Crippen LogP contribution in [0.1, 0.15) is 12.5 Å². The fourth-order valence-corrected chi connectivity index (χ4v) is 2.21. The first-order valence-corrected chi connectivity index (χ1v) is 6.80. The van der Waals surface area contributed by atoms with Crippen molar-refractivity contribution in [1.29, 1.82) is 0 Å². The summed E-state index contributed by atoms with van der Waals surface area (Å²) in [7, 11) is 1.70. The summed E-state index contributed by atoms with van der Waals surface area (Å²) in [5, 5.41) is 12.5. The highest BCUT2D eigenvalue weighted by atomic mass is 32.2. The summed E-state index contributed by atoms with van der Waals surface area (Å²) < 4.78 is 4.97. The molecule has 17 heavy (non-hydrogen) atoms. The van der Waals surface area contributed by atoms with Crippen molar-refractivity contribution in [1.82, 2.24) is 5.32 Å². The highest BCUT2D eigenvalue weighted by molar-refractivity contribution is 7.99. The minimum Gasteiger partial charge on any atom is -0.393 e. The van der Waals surface area contributed by atoms with Crippen molar-refractivity contribution < 1.29 is 9.84 Å². The molecule has 96 valence electrons. The molecule has 0 fully saturated rings. The molecule has 0 aromatic heterocycles. The van der Waals surface area contributed by atoms with Gasteiger partial charge in [0.15, 0.2) is 0 Å². The monoisotopic (exact) mass is 255 g/mol. The Morgan fingerprint density at radius 1 is 1.47 bits per heavy atom. The molecule has 4 heteroatoms. The number of thioether (sulfide) groups is 1. The maximum Gasteiger partial charge on any atom is 0.0606 e. The van der Waals surface area contributed by atoms with Gasteiger partial charge in [-0.3, -0.25) is 0 Å². The third-order valence-electron chi connectivity index (χ3n) is 2.20. The maximum absolute atomic E-state index is 9.24. The lowest BCUT2D eigenvalue weighted by Crippen LogP contribution is -2.18. The number of methoxy groups -OCH3 is 1. The van der Waals surface area contributed by atoms with Crippen LogP contribution in [-0.4, -0.2) is 37.2 Å². The van der Waals surface area contributed by atoms with E-state index in [1.54, 1.807) is 18.9 Å². The number of nitrogens with one attached hydrogen (secondary N) is 1. The van der Waals surface area contributed by atoms with Crippen LogP contribution in [0.5, 0.6) is 0 Å². The van der Waals surface area contributed by atoms with Crippen LogP contribution in [0.25, 0.3) is 0 Å². The molecular weight excluding hydrogens is 234 g/mol. The van der Waals surface area contributed by atoms with E-state index in [9.17, 15) is 5.11 Å². The highest BCUT2D eigenvalue weighted by Crippen LogP contribution is 2.19. The predicted molar refractivity (Wildman–Crippen MR) is 72.4 cm³/mol. The molecule has 2 N–H and O–H groups in total. The molecule has 0 saturated carbocycles. The highest BCUT2D eigenvalue weighted by Gasteiger charge is 2.00. The first-order chi connectivity index (χ1) is 8.22. The van der Waals surface area contributed by atoms with Gasteiger partial charge < -0.3 is 15.2 Å². The lowest BCUT2D eigenvalue weighted by molar-refractivity contribution is 0.199. The predicted octanol–water partition coefficient (Wildman–Crippen LogP) is 1.90. The van der Waals surface area contributed by atoms with Crippen molar-refractivity contribution in [2.24, 2.45) is 0 Å². The van der Waals surface area contributed by atoms with Gasteiger partial charge >= 0.3 is 0 Å². The van der Waals surface area contributed by atoms with Gasteiger partial charge in [0, 0.05) is 30.8 Å². The fraction of sp³-hybridized carbons (Fsp3) is 0.538. The zero-order chi connectivity index (χ0) is 12.5. The molecule has 0 aliphatic rings. The van der Waals surface area contributed by atoms with Crippen LogP contribution in [-0.2, 0) is 11.3 Å². The van der Waals surface area contributed by atoms with Gasteiger partial charge in [-0.1, -0.05) is 12.1 Å². The first kappa shape index (κ1) is 14.5. The SMILES string of the molecule is COCCNCc1cccc(SCC(C)O)c1. The van der Waals surface area contributed by atoms with E-state index in [1.165, 1.54) is 10.5 Å². The molecule has 0 heterocycles. The molecule has 0 radical (unpaired) electrons. The molecule has 0 saturated heterocycles. The van der Waals surface area contributed by atoms with Crippen molar-refractivity contribution in [3.8, 4) is 0 Å². The van der Waals surface area contributed by atoms with Gasteiger partial charge in [0.1, 0.15) is 0 Å². The number of rotatable bonds is 8. The Balaban J connectivity index is 2.37. The van der Waals surface area contributed by atoms with Crippen molar-refractivity contribution in [2.45, 2.75) is 24.5 Å². The largest absolute Gasteiger partial charge is 0.393 e. The molecule has 1 unspecified atom stereocenters. The average molecular weight is 255 g/mol. The molecule has 0 spiro atoms. The summed E-state index contributed by atoms with van der Waals surface area (Å²) in [6, 6.07) is 8.39. The Kier molecular flexibility index (Phi) is 7.28. The normalized spacial score (nSPS) is 12.6. The molecule has 0 amide bonds. The number of aliphatic hydroxyl groups is 1. The number of ether oxygens (including phenoxy) is 1. The zero-order valence-corrected chi connectivity index (χ0v) is 11.3. The van der Waals surface area contributed by atoms with Gasteiger partial charge in [-0.25, -0.2) is 0 Å². The van der Waals surface area contributed by atoms with E-state index in [4.69, 9.17) is 4.74 Å². The molecule has 0 aliphatic carbocycles. The molecule has 0 aliphatic heterocycles. The molecule has 1 rings (SSSR count). The van der Waals surface area contributed by atoms with E-state index in [-0.39, 0.29) is 6.10 Å². The van der Waals surface area contributed by atoms with E-state index >= 15 is 0 Å². The van der Waals surface area contributed by atoms with Crippen LogP contribution >= 0.6 is 11.8 Å². The van der Waals surface area contributed by atoms with E-state index in [1.807, 2.05) is 6.92 Å². The third kappa shape index (κ3) is 6.68. The van der Waals surface area contributed by atoms with Gasteiger partial charge in [-0.2, -0.15) is 0 Å². The van der Waals surface area contributed by atoms with Gasteiger partial charge in [0.2, 0.25) is 0 Å². The van der Waals surface area contributed by atoms with E-state index in [0.29, 0.717) is 0 Å².